The number of primary sulfonamides is 1. The van der Waals surface area contributed by atoms with Gasteiger partial charge in [0.2, 0.25) is 31.9 Å². The number of aromatic nitrogens is 6. The fourth-order valence-corrected chi connectivity index (χ4v) is 7.84. The van der Waals surface area contributed by atoms with Gasteiger partial charge in [0.15, 0.2) is 17.0 Å². The van der Waals surface area contributed by atoms with Crippen LogP contribution in [0.2, 0.25) is 0 Å². The molecule has 53 heavy (non-hydrogen) atoms. The third kappa shape index (κ3) is 9.21. The highest BCUT2D eigenvalue weighted by Gasteiger charge is 2.29. The van der Waals surface area contributed by atoms with E-state index in [1.165, 1.54) is 63.3 Å². The number of nitrogens with one attached hydrogen (secondary N) is 3. The van der Waals surface area contributed by atoms with Crippen molar-refractivity contribution in [2.75, 3.05) is 24.9 Å². The van der Waals surface area contributed by atoms with E-state index in [0.29, 0.717) is 39.6 Å². The topological polar surface area (TPSA) is 226 Å². The summed E-state index contributed by atoms with van der Waals surface area (Å²) in [5.41, 5.74) is 2.18. The van der Waals surface area contributed by atoms with E-state index in [-0.39, 0.29) is 29.0 Å². The number of sulfonamides is 2. The van der Waals surface area contributed by atoms with Crippen molar-refractivity contribution in [1.82, 2.24) is 34.6 Å². The van der Waals surface area contributed by atoms with Crippen molar-refractivity contribution < 1.29 is 30.7 Å². The molecule has 2 heterocycles. The molecule has 4 aromatic carbocycles. The number of benzene rings is 4. The highest BCUT2D eigenvalue weighted by Crippen LogP contribution is 2.30. The predicted octanol–water partition coefficient (Wildman–Crippen LogP) is 4.44. The van der Waals surface area contributed by atoms with Crippen LogP contribution in [0.4, 0.5) is 27.7 Å². The number of ether oxygens (including phenoxy) is 2. The maximum atomic E-state index is 13.7. The average Bonchev–Trinajstić information content (AvgIpc) is 3.13. The number of para-hydroxylation sites is 1. The fourth-order valence-electron chi connectivity index (χ4n) is 5.18. The monoisotopic (exact) mass is 758 g/mol. The molecule has 0 radical (unpaired) electrons. The maximum absolute atomic E-state index is 13.7. The lowest BCUT2D eigenvalue weighted by Gasteiger charge is -2.18. The molecule has 0 bridgehead atoms. The zero-order valence-corrected chi connectivity index (χ0v) is 29.6. The lowest BCUT2D eigenvalue weighted by atomic mass is 10.2. The SMILES string of the molecule is COc1ccccc1-c1ncnc(Nc2cccc(CS(=O)(=O)NC(c3cccc(Nc4ncnc(-c5ccc(F)cc5OC)n4)c3)S(N)(=O)=O)c2)n1. The summed E-state index contributed by atoms with van der Waals surface area (Å²) in [6.07, 6.45) is 2.56. The number of halogens is 1. The molecular weight excluding hydrogens is 728 g/mol. The van der Waals surface area contributed by atoms with Crippen LogP contribution >= 0.6 is 0 Å². The largest absolute Gasteiger partial charge is 0.496 e. The molecule has 0 fully saturated rings. The summed E-state index contributed by atoms with van der Waals surface area (Å²) in [5, 5.41) is 9.67. The Morgan fingerprint density at radius 3 is 1.94 bits per heavy atom. The molecule has 1 unspecified atom stereocenters. The van der Waals surface area contributed by atoms with E-state index in [1.54, 1.807) is 42.5 Å². The van der Waals surface area contributed by atoms with Crippen molar-refractivity contribution in [3.05, 3.63) is 121 Å². The predicted molar refractivity (Wildman–Crippen MR) is 195 cm³/mol. The van der Waals surface area contributed by atoms with Crippen molar-refractivity contribution in [3.63, 3.8) is 0 Å². The minimum atomic E-state index is -4.52. The molecule has 0 aliphatic heterocycles. The Hall–Kier alpha value is -6.15. The minimum absolute atomic E-state index is 0.0201. The van der Waals surface area contributed by atoms with Crippen LogP contribution in [0.5, 0.6) is 11.5 Å². The van der Waals surface area contributed by atoms with Crippen molar-refractivity contribution in [1.29, 1.82) is 0 Å². The third-order valence-electron chi connectivity index (χ3n) is 7.50. The molecule has 0 saturated heterocycles. The molecule has 19 heteroatoms. The zero-order valence-electron chi connectivity index (χ0n) is 28.0. The number of rotatable bonds is 14. The molecule has 0 aliphatic carbocycles. The quantitative estimate of drug-likeness (QED) is 0.121. The molecular formula is C34H31FN10O6S2. The van der Waals surface area contributed by atoms with E-state index in [1.807, 2.05) is 12.1 Å². The lowest BCUT2D eigenvalue weighted by Crippen LogP contribution is -2.37. The van der Waals surface area contributed by atoms with Gasteiger partial charge in [-0.05, 0) is 59.7 Å². The van der Waals surface area contributed by atoms with Gasteiger partial charge in [-0.15, -0.1) is 0 Å². The Morgan fingerprint density at radius 2 is 1.30 bits per heavy atom. The van der Waals surface area contributed by atoms with E-state index in [0.717, 1.165) is 0 Å². The Kier molecular flexibility index (Phi) is 10.8. The minimum Gasteiger partial charge on any atom is -0.496 e. The fraction of sp³-hybridized carbons (Fsp3) is 0.118. The van der Waals surface area contributed by atoms with Crippen molar-refractivity contribution >= 4 is 43.3 Å². The Bertz CT molecular complexity index is 2490. The number of hydrogen-bond acceptors (Lipinski definition) is 14. The van der Waals surface area contributed by atoms with Crippen LogP contribution in [-0.4, -0.2) is 61.0 Å². The lowest BCUT2D eigenvalue weighted by molar-refractivity contribution is 0.412. The van der Waals surface area contributed by atoms with E-state index >= 15 is 0 Å². The molecule has 6 rings (SSSR count). The van der Waals surface area contributed by atoms with Crippen molar-refractivity contribution in [2.24, 2.45) is 5.14 Å². The van der Waals surface area contributed by atoms with Crippen LogP contribution in [-0.2, 0) is 25.8 Å². The highest BCUT2D eigenvalue weighted by molar-refractivity contribution is 7.92. The molecule has 0 saturated carbocycles. The molecule has 0 spiro atoms. The second kappa shape index (κ2) is 15.6. The molecule has 272 valence electrons. The van der Waals surface area contributed by atoms with Crippen LogP contribution in [0.25, 0.3) is 22.8 Å². The standard InChI is InChI=1S/C34H31FN10O6S2/c1-50-28-12-4-3-11-26(28)30-37-19-39-33(43-30)41-24-9-5-7-21(15-24)18-52(46,47)45-32(53(36,48)49)22-8-6-10-25(16-22)42-34-40-20-38-31(44-34)27-14-13-23(35)17-29(27)51-2/h3-17,19-20,32,45H,18H2,1-2H3,(H2,36,48,49)(H,37,39,41,43)(H,38,40,42,44). The third-order valence-corrected chi connectivity index (χ3v) is 10.0. The first kappa shape index (κ1) is 36.6. The van der Waals surface area contributed by atoms with Gasteiger partial charge in [-0.2, -0.15) is 14.7 Å². The van der Waals surface area contributed by atoms with Crippen LogP contribution in [0.3, 0.4) is 0 Å². The molecule has 2 aromatic heterocycles. The summed E-state index contributed by atoms with van der Waals surface area (Å²) in [5.74, 6) is 0.491. The van der Waals surface area contributed by atoms with Crippen molar-refractivity contribution in [2.45, 2.75) is 11.1 Å². The molecule has 1 atom stereocenters. The van der Waals surface area contributed by atoms with Crippen LogP contribution < -0.4 is 30.0 Å². The van der Waals surface area contributed by atoms with E-state index < -0.39 is 37.0 Å². The first-order valence-electron chi connectivity index (χ1n) is 15.5. The maximum Gasteiger partial charge on any atom is 0.230 e. The van der Waals surface area contributed by atoms with Gasteiger partial charge in [0.1, 0.15) is 30.0 Å². The van der Waals surface area contributed by atoms with Gasteiger partial charge in [0, 0.05) is 17.4 Å². The normalized spacial score (nSPS) is 12.2. The average molecular weight is 759 g/mol. The van der Waals surface area contributed by atoms with Gasteiger partial charge < -0.3 is 20.1 Å². The van der Waals surface area contributed by atoms with E-state index in [4.69, 9.17) is 14.6 Å². The first-order chi connectivity index (χ1) is 25.4. The van der Waals surface area contributed by atoms with Gasteiger partial charge in [0.25, 0.3) is 0 Å². The van der Waals surface area contributed by atoms with Crippen LogP contribution in [0.15, 0.2) is 104 Å². The van der Waals surface area contributed by atoms with Crippen LogP contribution in [0.1, 0.15) is 16.5 Å². The first-order valence-corrected chi connectivity index (χ1v) is 18.8. The van der Waals surface area contributed by atoms with E-state index in [9.17, 15) is 21.2 Å². The molecule has 16 nitrogen and oxygen atoms in total. The Labute approximate surface area is 303 Å². The van der Waals surface area contributed by atoms with E-state index in [2.05, 4.69) is 45.3 Å². The molecule has 0 amide bonds. The summed E-state index contributed by atoms with van der Waals surface area (Å²) in [6, 6.07) is 23.4. The van der Waals surface area contributed by atoms with Gasteiger partial charge in [-0.1, -0.05) is 36.4 Å². The number of nitrogens with two attached hydrogens (primary N) is 1. The molecule has 5 N–H and O–H groups in total. The summed E-state index contributed by atoms with van der Waals surface area (Å²) in [4.78, 5) is 25.4. The van der Waals surface area contributed by atoms with Gasteiger partial charge in [0.05, 0.1) is 31.1 Å². The highest BCUT2D eigenvalue weighted by atomic mass is 32.2. The zero-order chi connectivity index (χ0) is 37.6. The number of methoxy groups -OCH3 is 2. The second-order valence-electron chi connectivity index (χ2n) is 11.2. The van der Waals surface area contributed by atoms with Gasteiger partial charge in [-0.25, -0.2) is 46.3 Å². The van der Waals surface area contributed by atoms with Crippen LogP contribution in [0, 0.1) is 5.82 Å². The van der Waals surface area contributed by atoms with Gasteiger partial charge in [-0.3, -0.25) is 0 Å². The Balaban J connectivity index is 1.18. The van der Waals surface area contributed by atoms with Crippen molar-refractivity contribution in [3.8, 4) is 34.3 Å². The summed E-state index contributed by atoms with van der Waals surface area (Å²) < 4.78 is 79.0. The molecule has 6 aromatic rings. The second-order valence-corrected chi connectivity index (χ2v) is 14.6. The Morgan fingerprint density at radius 1 is 0.698 bits per heavy atom. The smallest absolute Gasteiger partial charge is 0.230 e. The summed E-state index contributed by atoms with van der Waals surface area (Å²) in [7, 11) is -5.90. The summed E-state index contributed by atoms with van der Waals surface area (Å²) in [6.45, 7) is 0. The summed E-state index contributed by atoms with van der Waals surface area (Å²) >= 11 is 0. The van der Waals surface area contributed by atoms with Gasteiger partial charge >= 0.3 is 0 Å². The number of anilines is 4. The number of hydrogen-bond donors (Lipinski definition) is 4. The molecule has 0 aliphatic rings. The number of nitrogens with zero attached hydrogens (tertiary/aromatic N) is 6.